The first-order valence-corrected chi connectivity index (χ1v) is 10.2. The number of ether oxygens (including phenoxy) is 1. The van der Waals surface area contributed by atoms with Gasteiger partial charge in [-0.15, -0.1) is 0 Å². The summed E-state index contributed by atoms with van der Waals surface area (Å²) < 4.78 is 45.7. The van der Waals surface area contributed by atoms with Crippen molar-refractivity contribution in [3.05, 3.63) is 83.6 Å². The van der Waals surface area contributed by atoms with Crippen molar-refractivity contribution in [1.82, 2.24) is 0 Å². The summed E-state index contributed by atoms with van der Waals surface area (Å²) in [7, 11) is -3.78. The van der Waals surface area contributed by atoms with Gasteiger partial charge in [-0.1, -0.05) is 17.7 Å². The molecule has 0 atom stereocenters. The number of hydrogen-bond donors (Lipinski definition) is 2. The topological polar surface area (TPSA) is 84.5 Å². The van der Waals surface area contributed by atoms with Crippen LogP contribution in [-0.2, 0) is 14.8 Å². The zero-order chi connectivity index (χ0) is 20.9. The summed E-state index contributed by atoms with van der Waals surface area (Å²) in [6.07, 6.45) is 0. The molecule has 0 aliphatic heterocycles. The van der Waals surface area contributed by atoms with Crippen molar-refractivity contribution in [2.75, 3.05) is 16.6 Å². The first-order chi connectivity index (χ1) is 13.8. The first-order valence-electron chi connectivity index (χ1n) is 8.38. The Morgan fingerprint density at radius 2 is 1.66 bits per heavy atom. The molecule has 0 unspecified atom stereocenters. The third-order valence-corrected chi connectivity index (χ3v) is 5.36. The monoisotopic (exact) mass is 434 g/mol. The zero-order valence-electron chi connectivity index (χ0n) is 14.9. The Morgan fingerprint density at radius 1 is 0.966 bits per heavy atom. The molecule has 0 bridgehead atoms. The summed E-state index contributed by atoms with van der Waals surface area (Å²) in [5.41, 5.74) is 0.692. The van der Waals surface area contributed by atoms with Gasteiger partial charge < -0.3 is 10.1 Å². The Hall–Kier alpha value is -3.10. The maximum atomic E-state index is 13.1. The fraction of sp³-hybridized carbons (Fsp3) is 0.0500. The van der Waals surface area contributed by atoms with Gasteiger partial charge in [0.05, 0.1) is 4.90 Å². The van der Waals surface area contributed by atoms with Gasteiger partial charge in [0, 0.05) is 16.4 Å². The van der Waals surface area contributed by atoms with Crippen molar-refractivity contribution in [1.29, 1.82) is 0 Å². The smallest absolute Gasteiger partial charge is 0.262 e. The number of carbonyl (C=O) groups excluding carboxylic acids is 1. The maximum absolute atomic E-state index is 13.1. The second-order valence-electron chi connectivity index (χ2n) is 5.93. The summed E-state index contributed by atoms with van der Waals surface area (Å²) >= 11 is 5.79. The fourth-order valence-corrected chi connectivity index (χ4v) is 3.54. The Bertz CT molecular complexity index is 1100. The number of halogens is 2. The maximum Gasteiger partial charge on any atom is 0.262 e. The molecule has 0 aliphatic rings. The molecule has 2 N–H and O–H groups in total. The molecular weight excluding hydrogens is 419 g/mol. The van der Waals surface area contributed by atoms with Gasteiger partial charge in [0.15, 0.2) is 6.61 Å². The number of nitrogens with one attached hydrogen (secondary N) is 2. The third-order valence-electron chi connectivity index (χ3n) is 3.71. The van der Waals surface area contributed by atoms with E-state index in [0.717, 1.165) is 0 Å². The zero-order valence-corrected chi connectivity index (χ0v) is 16.5. The highest BCUT2D eigenvalue weighted by molar-refractivity contribution is 7.92. The Kier molecular flexibility index (Phi) is 6.36. The van der Waals surface area contributed by atoms with Crippen LogP contribution in [0.4, 0.5) is 15.8 Å². The van der Waals surface area contributed by atoms with E-state index in [1.807, 2.05) is 0 Å². The van der Waals surface area contributed by atoms with Gasteiger partial charge in [0.25, 0.3) is 15.9 Å². The van der Waals surface area contributed by atoms with Crippen molar-refractivity contribution >= 4 is 38.9 Å². The summed E-state index contributed by atoms with van der Waals surface area (Å²) in [5.74, 6) is -0.630. The second-order valence-corrected chi connectivity index (χ2v) is 8.05. The molecule has 0 saturated heterocycles. The van der Waals surface area contributed by atoms with E-state index < -0.39 is 21.7 Å². The molecule has 0 aliphatic carbocycles. The van der Waals surface area contributed by atoms with Crippen molar-refractivity contribution in [3.63, 3.8) is 0 Å². The van der Waals surface area contributed by atoms with Crippen LogP contribution in [0, 0.1) is 5.82 Å². The second kappa shape index (κ2) is 8.93. The van der Waals surface area contributed by atoms with Gasteiger partial charge in [-0.2, -0.15) is 0 Å². The van der Waals surface area contributed by atoms with E-state index in [2.05, 4.69) is 10.0 Å². The first kappa shape index (κ1) is 20.6. The molecule has 0 aromatic heterocycles. The molecule has 29 heavy (non-hydrogen) atoms. The lowest BCUT2D eigenvalue weighted by molar-refractivity contribution is -0.118. The third kappa shape index (κ3) is 5.94. The summed E-state index contributed by atoms with van der Waals surface area (Å²) in [6.45, 7) is -0.314. The molecular formula is C20H16ClFN2O4S. The predicted molar refractivity (Wildman–Crippen MR) is 109 cm³/mol. The molecule has 3 aromatic rings. The van der Waals surface area contributed by atoms with Gasteiger partial charge >= 0.3 is 0 Å². The average Bonchev–Trinajstić information content (AvgIpc) is 2.68. The number of carbonyl (C=O) groups is 1. The Labute approximate surface area is 172 Å². The van der Waals surface area contributed by atoms with Crippen molar-refractivity contribution < 1.29 is 22.3 Å². The molecule has 150 valence electrons. The highest BCUT2D eigenvalue weighted by atomic mass is 35.5. The summed E-state index contributed by atoms with van der Waals surface area (Å²) in [4.78, 5) is 11.9. The standard InChI is InChI=1S/C20H16ClFN2O4S/c21-14-4-6-16(7-5-14)24-29(26,27)19-10-8-18(9-11-19)28-13-20(25)23-17-3-1-2-15(22)12-17/h1-12,24H,13H2,(H,23,25). The lowest BCUT2D eigenvalue weighted by atomic mass is 10.3. The van der Waals surface area contributed by atoms with Gasteiger partial charge in [-0.05, 0) is 66.7 Å². The average molecular weight is 435 g/mol. The molecule has 0 spiro atoms. The van der Waals surface area contributed by atoms with E-state index in [0.29, 0.717) is 22.1 Å². The largest absolute Gasteiger partial charge is 0.484 e. The normalized spacial score (nSPS) is 11.0. The van der Waals surface area contributed by atoms with E-state index in [-0.39, 0.29) is 11.5 Å². The van der Waals surface area contributed by atoms with Crippen LogP contribution in [0.5, 0.6) is 5.75 Å². The minimum Gasteiger partial charge on any atom is -0.484 e. The van der Waals surface area contributed by atoms with Gasteiger partial charge in [-0.3, -0.25) is 9.52 Å². The molecule has 0 saturated carbocycles. The van der Waals surface area contributed by atoms with Gasteiger partial charge in [0.1, 0.15) is 11.6 Å². The van der Waals surface area contributed by atoms with E-state index in [1.165, 1.54) is 42.5 Å². The number of sulfonamides is 1. The SMILES string of the molecule is O=C(COc1ccc(S(=O)(=O)Nc2ccc(Cl)cc2)cc1)Nc1cccc(F)c1. The molecule has 0 radical (unpaired) electrons. The molecule has 3 aromatic carbocycles. The molecule has 0 heterocycles. The van der Waals surface area contributed by atoms with Gasteiger partial charge in [-0.25, -0.2) is 12.8 Å². The minimum atomic E-state index is -3.78. The van der Waals surface area contributed by atoms with Crippen LogP contribution in [0.1, 0.15) is 0 Å². The van der Waals surface area contributed by atoms with Crippen LogP contribution in [0.25, 0.3) is 0 Å². The summed E-state index contributed by atoms with van der Waals surface area (Å²) in [5, 5.41) is 3.00. The molecule has 9 heteroatoms. The van der Waals surface area contributed by atoms with E-state index in [4.69, 9.17) is 16.3 Å². The van der Waals surface area contributed by atoms with E-state index >= 15 is 0 Å². The summed E-state index contributed by atoms with van der Waals surface area (Å²) in [6, 6.07) is 17.3. The molecule has 6 nitrogen and oxygen atoms in total. The van der Waals surface area contributed by atoms with Crippen LogP contribution in [0.15, 0.2) is 77.7 Å². The quantitative estimate of drug-likeness (QED) is 0.580. The van der Waals surface area contributed by atoms with Crippen LogP contribution < -0.4 is 14.8 Å². The van der Waals surface area contributed by atoms with Crippen molar-refractivity contribution in [2.24, 2.45) is 0 Å². The lowest BCUT2D eigenvalue weighted by Crippen LogP contribution is -2.20. The van der Waals surface area contributed by atoms with Crippen LogP contribution >= 0.6 is 11.6 Å². The molecule has 1 amide bonds. The highest BCUT2D eigenvalue weighted by Crippen LogP contribution is 2.20. The van der Waals surface area contributed by atoms with Crippen molar-refractivity contribution in [3.8, 4) is 5.75 Å². The number of benzene rings is 3. The molecule has 0 fully saturated rings. The van der Waals surface area contributed by atoms with E-state index in [9.17, 15) is 17.6 Å². The Morgan fingerprint density at radius 3 is 2.31 bits per heavy atom. The highest BCUT2D eigenvalue weighted by Gasteiger charge is 2.14. The Balaban J connectivity index is 1.58. The lowest BCUT2D eigenvalue weighted by Gasteiger charge is -2.10. The van der Waals surface area contributed by atoms with Crippen LogP contribution in [-0.4, -0.2) is 20.9 Å². The number of hydrogen-bond acceptors (Lipinski definition) is 4. The molecule has 3 rings (SSSR count). The van der Waals surface area contributed by atoms with Crippen LogP contribution in [0.2, 0.25) is 5.02 Å². The predicted octanol–water partition coefficient (Wildman–Crippen LogP) is 4.30. The minimum absolute atomic E-state index is 0.0315. The number of anilines is 2. The number of rotatable bonds is 7. The number of amides is 1. The van der Waals surface area contributed by atoms with Gasteiger partial charge in [0.2, 0.25) is 0 Å². The fourth-order valence-electron chi connectivity index (χ4n) is 2.36. The van der Waals surface area contributed by atoms with Crippen molar-refractivity contribution in [2.45, 2.75) is 4.90 Å². The van der Waals surface area contributed by atoms with Crippen LogP contribution in [0.3, 0.4) is 0 Å². The van der Waals surface area contributed by atoms with E-state index in [1.54, 1.807) is 30.3 Å².